The van der Waals surface area contributed by atoms with Crippen LogP contribution in [-0.2, 0) is 0 Å². The Hall–Kier alpha value is -1.44. The lowest BCUT2D eigenvalue weighted by molar-refractivity contribution is 0.183. The minimum Gasteiger partial charge on any atom is -0.489 e. The molecule has 1 atom stereocenters. The van der Waals surface area contributed by atoms with Gasteiger partial charge in [-0.05, 0) is 17.7 Å². The molecule has 1 aliphatic heterocycles. The molecule has 0 fully saturated rings. The Kier molecular flexibility index (Phi) is 3.72. The average molecular weight is 254 g/mol. The largest absolute Gasteiger partial charge is 0.489 e. The van der Waals surface area contributed by atoms with E-state index >= 15 is 0 Å². The molecule has 5 heteroatoms. The molecule has 0 saturated carbocycles. The molecular formula is C12H12ClNO3. The van der Waals surface area contributed by atoms with E-state index in [0.29, 0.717) is 35.3 Å². The van der Waals surface area contributed by atoms with Crippen molar-refractivity contribution < 1.29 is 14.6 Å². The first-order chi connectivity index (χ1) is 8.22. The molecule has 0 bridgehead atoms. The Balaban J connectivity index is 2.35. The van der Waals surface area contributed by atoms with Gasteiger partial charge < -0.3 is 14.6 Å². The number of hydrogen-bond donors (Lipinski definition) is 1. The van der Waals surface area contributed by atoms with Crippen molar-refractivity contribution >= 4 is 11.6 Å². The van der Waals surface area contributed by atoms with Gasteiger partial charge in [0.1, 0.15) is 0 Å². The molecule has 1 aromatic rings. The van der Waals surface area contributed by atoms with Crippen molar-refractivity contribution in [1.82, 2.24) is 0 Å². The molecule has 1 heterocycles. The molecule has 0 saturated heterocycles. The fourth-order valence-electron chi connectivity index (χ4n) is 1.65. The minimum absolute atomic E-state index is 0.0238. The van der Waals surface area contributed by atoms with E-state index in [1.165, 1.54) is 0 Å². The van der Waals surface area contributed by atoms with Gasteiger partial charge in [0.25, 0.3) is 0 Å². The molecular weight excluding hydrogens is 242 g/mol. The van der Waals surface area contributed by atoms with Gasteiger partial charge in [-0.15, -0.1) is 0 Å². The van der Waals surface area contributed by atoms with Gasteiger partial charge in [-0.1, -0.05) is 11.6 Å². The van der Waals surface area contributed by atoms with E-state index in [1.807, 2.05) is 6.07 Å². The van der Waals surface area contributed by atoms with Crippen LogP contribution in [0.3, 0.4) is 0 Å². The van der Waals surface area contributed by atoms with Crippen LogP contribution in [0, 0.1) is 11.3 Å². The molecule has 0 aromatic heterocycles. The predicted molar refractivity (Wildman–Crippen MR) is 62.2 cm³/mol. The molecule has 0 aliphatic carbocycles. The maximum atomic E-state index is 9.74. The number of halogens is 1. The minimum atomic E-state index is -0.852. The quantitative estimate of drug-likeness (QED) is 0.879. The first-order valence-corrected chi connectivity index (χ1v) is 5.74. The Morgan fingerprint density at radius 1 is 1.41 bits per heavy atom. The number of rotatable bonds is 2. The van der Waals surface area contributed by atoms with Gasteiger partial charge in [0.15, 0.2) is 11.5 Å². The molecule has 1 aromatic carbocycles. The van der Waals surface area contributed by atoms with E-state index in [0.717, 1.165) is 6.42 Å². The summed E-state index contributed by atoms with van der Waals surface area (Å²) in [7, 11) is 0. The summed E-state index contributed by atoms with van der Waals surface area (Å²) < 4.78 is 11.0. The highest BCUT2D eigenvalue weighted by atomic mass is 35.5. The molecule has 2 rings (SSSR count). The van der Waals surface area contributed by atoms with E-state index in [2.05, 4.69) is 0 Å². The van der Waals surface area contributed by atoms with Crippen molar-refractivity contribution in [2.45, 2.75) is 18.9 Å². The van der Waals surface area contributed by atoms with Gasteiger partial charge in [0.2, 0.25) is 0 Å². The normalized spacial score (nSPS) is 15.8. The van der Waals surface area contributed by atoms with Gasteiger partial charge in [-0.3, -0.25) is 0 Å². The van der Waals surface area contributed by atoms with Crippen LogP contribution in [0.4, 0.5) is 0 Å². The SMILES string of the molecule is N#CCC(O)c1cc(Cl)c2c(c1)OCCCO2. The topological polar surface area (TPSA) is 62.5 Å². The second kappa shape index (κ2) is 5.26. The van der Waals surface area contributed by atoms with E-state index in [1.54, 1.807) is 12.1 Å². The van der Waals surface area contributed by atoms with E-state index in [4.69, 9.17) is 26.3 Å². The number of nitriles is 1. The van der Waals surface area contributed by atoms with E-state index in [9.17, 15) is 5.11 Å². The molecule has 4 nitrogen and oxygen atoms in total. The number of aliphatic hydroxyl groups is 1. The van der Waals surface area contributed by atoms with Crippen LogP contribution in [0.5, 0.6) is 11.5 Å². The van der Waals surface area contributed by atoms with Gasteiger partial charge in [-0.2, -0.15) is 5.26 Å². The van der Waals surface area contributed by atoms with Crippen molar-refractivity contribution in [3.05, 3.63) is 22.7 Å². The van der Waals surface area contributed by atoms with Crippen LogP contribution >= 0.6 is 11.6 Å². The second-order valence-electron chi connectivity index (χ2n) is 3.76. The molecule has 17 heavy (non-hydrogen) atoms. The lowest BCUT2D eigenvalue weighted by Gasteiger charge is -2.13. The fourth-order valence-corrected chi connectivity index (χ4v) is 1.92. The van der Waals surface area contributed by atoms with Crippen molar-refractivity contribution in [1.29, 1.82) is 5.26 Å². The van der Waals surface area contributed by atoms with Crippen LogP contribution < -0.4 is 9.47 Å². The lowest BCUT2D eigenvalue weighted by Crippen LogP contribution is -1.99. The maximum absolute atomic E-state index is 9.74. The first kappa shape index (κ1) is 12.0. The number of benzene rings is 1. The van der Waals surface area contributed by atoms with Crippen molar-refractivity contribution in [2.24, 2.45) is 0 Å². The summed E-state index contributed by atoms with van der Waals surface area (Å²) in [6.07, 6.45) is -0.0356. The van der Waals surface area contributed by atoms with E-state index < -0.39 is 6.10 Å². The standard InChI is InChI=1S/C12H12ClNO3/c13-9-6-8(10(15)2-3-14)7-11-12(9)17-5-1-4-16-11/h6-7,10,15H,1-2,4-5H2. The van der Waals surface area contributed by atoms with Crippen molar-refractivity contribution in [2.75, 3.05) is 13.2 Å². The van der Waals surface area contributed by atoms with Gasteiger partial charge in [0, 0.05) is 6.42 Å². The van der Waals surface area contributed by atoms with Crippen LogP contribution in [0.15, 0.2) is 12.1 Å². The third kappa shape index (κ3) is 2.63. The predicted octanol–water partition coefficient (Wildman–Crippen LogP) is 2.45. The smallest absolute Gasteiger partial charge is 0.179 e. The molecule has 1 N–H and O–H groups in total. The fraction of sp³-hybridized carbons (Fsp3) is 0.417. The molecule has 0 amide bonds. The van der Waals surface area contributed by atoms with Crippen LogP contribution in [0.2, 0.25) is 5.02 Å². The molecule has 0 spiro atoms. The zero-order valence-electron chi connectivity index (χ0n) is 9.15. The zero-order chi connectivity index (χ0) is 12.3. The summed E-state index contributed by atoms with van der Waals surface area (Å²) in [5.41, 5.74) is 0.570. The van der Waals surface area contributed by atoms with Crippen LogP contribution in [0.25, 0.3) is 0 Å². The highest BCUT2D eigenvalue weighted by molar-refractivity contribution is 6.32. The second-order valence-corrected chi connectivity index (χ2v) is 4.17. The summed E-state index contributed by atoms with van der Waals surface area (Å²) >= 11 is 6.07. The Morgan fingerprint density at radius 2 is 2.18 bits per heavy atom. The first-order valence-electron chi connectivity index (χ1n) is 5.36. The zero-order valence-corrected chi connectivity index (χ0v) is 9.91. The molecule has 1 aliphatic rings. The summed E-state index contributed by atoms with van der Waals surface area (Å²) in [6.45, 7) is 1.12. The highest BCUT2D eigenvalue weighted by Crippen LogP contribution is 2.39. The molecule has 90 valence electrons. The van der Waals surface area contributed by atoms with Crippen LogP contribution in [-0.4, -0.2) is 18.3 Å². The van der Waals surface area contributed by atoms with Crippen LogP contribution in [0.1, 0.15) is 24.5 Å². The summed E-state index contributed by atoms with van der Waals surface area (Å²) in [5, 5.41) is 18.7. The molecule has 1 unspecified atom stereocenters. The van der Waals surface area contributed by atoms with Crippen molar-refractivity contribution in [3.8, 4) is 17.6 Å². The Morgan fingerprint density at radius 3 is 2.94 bits per heavy atom. The monoisotopic (exact) mass is 253 g/mol. The summed E-state index contributed by atoms with van der Waals surface area (Å²) in [5.74, 6) is 1.04. The highest BCUT2D eigenvalue weighted by Gasteiger charge is 2.18. The van der Waals surface area contributed by atoms with Gasteiger partial charge >= 0.3 is 0 Å². The number of ether oxygens (including phenoxy) is 2. The number of aliphatic hydroxyl groups excluding tert-OH is 1. The maximum Gasteiger partial charge on any atom is 0.179 e. The summed E-state index contributed by atoms with van der Waals surface area (Å²) in [6, 6.07) is 5.20. The third-order valence-corrected chi connectivity index (χ3v) is 2.77. The molecule has 0 radical (unpaired) electrons. The lowest BCUT2D eigenvalue weighted by atomic mass is 10.1. The number of nitrogens with zero attached hydrogens (tertiary/aromatic N) is 1. The van der Waals surface area contributed by atoms with E-state index in [-0.39, 0.29) is 6.42 Å². The third-order valence-electron chi connectivity index (χ3n) is 2.49. The number of hydrogen-bond acceptors (Lipinski definition) is 4. The number of fused-ring (bicyclic) bond motifs is 1. The Bertz CT molecular complexity index is 456. The Labute approximate surface area is 104 Å². The van der Waals surface area contributed by atoms with Crippen molar-refractivity contribution in [3.63, 3.8) is 0 Å². The average Bonchev–Trinajstić information content (AvgIpc) is 2.54. The summed E-state index contributed by atoms with van der Waals surface area (Å²) in [4.78, 5) is 0. The van der Waals surface area contributed by atoms with Gasteiger partial charge in [-0.25, -0.2) is 0 Å². The van der Waals surface area contributed by atoms with Gasteiger partial charge in [0.05, 0.1) is 36.8 Å².